The van der Waals surface area contributed by atoms with Crippen LogP contribution in [-0.2, 0) is 4.74 Å². The third kappa shape index (κ3) is 10.2. The smallest absolute Gasteiger partial charge is 0.159 e. The molecule has 0 saturated heterocycles. The summed E-state index contributed by atoms with van der Waals surface area (Å²) in [4.78, 5) is 0. The zero-order valence-electron chi connectivity index (χ0n) is 9.68. The number of hydrogen-bond acceptors (Lipinski definition) is 2. The Kier molecular flexibility index (Phi) is 11.3. The van der Waals surface area contributed by atoms with Crippen molar-refractivity contribution in [1.82, 2.24) is 0 Å². The van der Waals surface area contributed by atoms with Crippen LogP contribution < -0.4 is 0 Å². The molecule has 0 heterocycles. The first kappa shape index (κ1) is 14.1. The standard InChI is InChI=1S/C11H24OSSi/c1-2-3-4-5-6-8-11(13)12-9-7-10-14/h2-10H2,1,14H3. The van der Waals surface area contributed by atoms with Gasteiger partial charge in [0.1, 0.15) is 0 Å². The quantitative estimate of drug-likeness (QED) is 0.343. The normalized spacial score (nSPS) is 10.4. The third-order valence-corrected chi connectivity index (χ3v) is 3.27. The van der Waals surface area contributed by atoms with Gasteiger partial charge in [0.15, 0.2) is 5.05 Å². The molecule has 0 aromatic carbocycles. The van der Waals surface area contributed by atoms with Gasteiger partial charge in [-0.05, 0) is 25.1 Å². The van der Waals surface area contributed by atoms with E-state index in [0.29, 0.717) is 0 Å². The van der Waals surface area contributed by atoms with Crippen molar-refractivity contribution in [3.05, 3.63) is 0 Å². The van der Waals surface area contributed by atoms with Crippen molar-refractivity contribution in [3.63, 3.8) is 0 Å². The molecule has 0 aliphatic carbocycles. The van der Waals surface area contributed by atoms with Gasteiger partial charge in [0.05, 0.1) is 6.61 Å². The zero-order chi connectivity index (χ0) is 10.6. The van der Waals surface area contributed by atoms with Gasteiger partial charge in [0.25, 0.3) is 0 Å². The fourth-order valence-electron chi connectivity index (χ4n) is 1.28. The number of rotatable bonds is 9. The fourth-order valence-corrected chi connectivity index (χ4v) is 1.79. The molecule has 0 rings (SSSR count). The number of thiocarbonyl (C=S) groups is 1. The van der Waals surface area contributed by atoms with E-state index in [1.165, 1.54) is 54.8 Å². The topological polar surface area (TPSA) is 9.23 Å². The Hall–Kier alpha value is 0.107. The average Bonchev–Trinajstić information content (AvgIpc) is 2.18. The molecular weight excluding hydrogens is 208 g/mol. The predicted octanol–water partition coefficient (Wildman–Crippen LogP) is 2.86. The molecule has 0 atom stereocenters. The maximum absolute atomic E-state index is 5.44. The molecule has 0 N–H and O–H groups in total. The summed E-state index contributed by atoms with van der Waals surface area (Å²) < 4.78 is 5.44. The van der Waals surface area contributed by atoms with Crippen molar-refractivity contribution in [2.24, 2.45) is 0 Å². The summed E-state index contributed by atoms with van der Waals surface area (Å²) >= 11 is 5.13. The summed E-state index contributed by atoms with van der Waals surface area (Å²) in [6.45, 7) is 3.08. The van der Waals surface area contributed by atoms with Crippen LogP contribution in [0.25, 0.3) is 0 Å². The second-order valence-electron chi connectivity index (χ2n) is 3.74. The summed E-state index contributed by atoms with van der Waals surface area (Å²) in [5, 5.41) is 0.830. The molecule has 0 bridgehead atoms. The molecule has 0 saturated carbocycles. The van der Waals surface area contributed by atoms with Crippen molar-refractivity contribution in [2.75, 3.05) is 6.61 Å². The average molecular weight is 232 g/mol. The molecule has 0 spiro atoms. The van der Waals surface area contributed by atoms with Gasteiger partial charge in [-0.25, -0.2) is 0 Å². The van der Waals surface area contributed by atoms with Crippen LogP contribution in [0.15, 0.2) is 0 Å². The molecule has 0 amide bonds. The molecule has 0 aliphatic heterocycles. The van der Waals surface area contributed by atoms with E-state index in [2.05, 4.69) is 6.92 Å². The maximum atomic E-state index is 5.44. The first-order chi connectivity index (χ1) is 6.81. The summed E-state index contributed by atoms with van der Waals surface area (Å²) in [5.74, 6) is 0. The van der Waals surface area contributed by atoms with Crippen LogP contribution in [0, 0.1) is 0 Å². The molecule has 0 aromatic rings. The van der Waals surface area contributed by atoms with Crippen molar-refractivity contribution < 1.29 is 4.74 Å². The third-order valence-electron chi connectivity index (χ3n) is 2.25. The first-order valence-electron chi connectivity index (χ1n) is 5.96. The Labute approximate surface area is 97.0 Å². The highest BCUT2D eigenvalue weighted by Crippen LogP contribution is 2.06. The van der Waals surface area contributed by atoms with Crippen LogP contribution in [0.1, 0.15) is 51.9 Å². The molecule has 84 valence electrons. The van der Waals surface area contributed by atoms with E-state index < -0.39 is 0 Å². The minimum absolute atomic E-state index is 0.830. The first-order valence-corrected chi connectivity index (χ1v) is 7.79. The second-order valence-corrected chi connectivity index (χ2v) is 5.19. The highest BCUT2D eigenvalue weighted by atomic mass is 32.1. The second kappa shape index (κ2) is 11.2. The van der Waals surface area contributed by atoms with Crippen LogP contribution in [0.4, 0.5) is 0 Å². The van der Waals surface area contributed by atoms with Gasteiger partial charge in [-0.3, -0.25) is 0 Å². The Balaban J connectivity index is 3.10. The Morgan fingerprint density at radius 1 is 1.14 bits per heavy atom. The fraction of sp³-hybridized carbons (Fsp3) is 0.909. The molecule has 0 aromatic heterocycles. The monoisotopic (exact) mass is 232 g/mol. The maximum Gasteiger partial charge on any atom is 0.159 e. The lowest BCUT2D eigenvalue weighted by atomic mass is 10.1. The van der Waals surface area contributed by atoms with E-state index in [4.69, 9.17) is 17.0 Å². The molecule has 3 heteroatoms. The van der Waals surface area contributed by atoms with E-state index in [9.17, 15) is 0 Å². The SMILES string of the molecule is CCCCCCCC(=S)OCCC[SiH3]. The molecule has 0 radical (unpaired) electrons. The van der Waals surface area contributed by atoms with Gasteiger partial charge >= 0.3 is 0 Å². The summed E-state index contributed by atoms with van der Waals surface area (Å²) in [6.07, 6.45) is 8.69. The van der Waals surface area contributed by atoms with Crippen LogP contribution >= 0.6 is 12.2 Å². The molecule has 1 nitrogen and oxygen atoms in total. The lowest BCUT2D eigenvalue weighted by Crippen LogP contribution is -2.03. The number of ether oxygens (including phenoxy) is 1. The lowest BCUT2D eigenvalue weighted by Gasteiger charge is -2.06. The van der Waals surface area contributed by atoms with Gasteiger partial charge in [0.2, 0.25) is 0 Å². The van der Waals surface area contributed by atoms with Gasteiger partial charge in [0, 0.05) is 16.7 Å². The van der Waals surface area contributed by atoms with Gasteiger partial charge in [-0.15, -0.1) is 0 Å². The van der Waals surface area contributed by atoms with Crippen molar-refractivity contribution in [3.8, 4) is 0 Å². The highest BCUT2D eigenvalue weighted by molar-refractivity contribution is 7.80. The molecule has 0 fully saturated rings. The Morgan fingerprint density at radius 2 is 1.86 bits per heavy atom. The van der Waals surface area contributed by atoms with Crippen molar-refractivity contribution in [1.29, 1.82) is 0 Å². The van der Waals surface area contributed by atoms with E-state index in [1.807, 2.05) is 0 Å². The minimum Gasteiger partial charge on any atom is -0.487 e. The molecule has 14 heavy (non-hydrogen) atoms. The van der Waals surface area contributed by atoms with E-state index in [-0.39, 0.29) is 0 Å². The van der Waals surface area contributed by atoms with E-state index in [1.54, 1.807) is 0 Å². The Morgan fingerprint density at radius 3 is 2.50 bits per heavy atom. The summed E-state index contributed by atoms with van der Waals surface area (Å²) in [6, 6.07) is 1.32. The molecular formula is C11H24OSSi. The van der Waals surface area contributed by atoms with Crippen LogP contribution in [0.3, 0.4) is 0 Å². The number of unbranched alkanes of at least 4 members (excludes halogenated alkanes) is 4. The Bertz CT molecular complexity index is 139. The van der Waals surface area contributed by atoms with Crippen LogP contribution in [-0.4, -0.2) is 21.9 Å². The molecule has 0 unspecified atom stereocenters. The summed E-state index contributed by atoms with van der Waals surface area (Å²) in [5.41, 5.74) is 0. The van der Waals surface area contributed by atoms with Gasteiger partial charge in [-0.2, -0.15) is 0 Å². The van der Waals surface area contributed by atoms with E-state index >= 15 is 0 Å². The van der Waals surface area contributed by atoms with Crippen molar-refractivity contribution in [2.45, 2.75) is 57.9 Å². The van der Waals surface area contributed by atoms with Crippen molar-refractivity contribution >= 4 is 27.5 Å². The van der Waals surface area contributed by atoms with Crippen LogP contribution in [0.2, 0.25) is 6.04 Å². The van der Waals surface area contributed by atoms with Gasteiger partial charge in [-0.1, -0.05) is 38.7 Å². The van der Waals surface area contributed by atoms with Gasteiger partial charge < -0.3 is 4.74 Å². The summed E-state index contributed by atoms with van der Waals surface area (Å²) in [7, 11) is 1.28. The number of hydrogen-bond donors (Lipinski definition) is 0. The lowest BCUT2D eigenvalue weighted by molar-refractivity contribution is 0.303. The largest absolute Gasteiger partial charge is 0.487 e. The minimum atomic E-state index is 0.830. The van der Waals surface area contributed by atoms with Crippen LogP contribution in [0.5, 0.6) is 0 Å². The molecule has 0 aliphatic rings. The zero-order valence-corrected chi connectivity index (χ0v) is 12.5. The van der Waals surface area contributed by atoms with E-state index in [0.717, 1.165) is 18.1 Å². The highest BCUT2D eigenvalue weighted by Gasteiger charge is 1.97. The predicted molar refractivity (Wildman–Crippen MR) is 71.3 cm³/mol.